The lowest BCUT2D eigenvalue weighted by atomic mass is 10.0. The first-order valence-electron chi connectivity index (χ1n) is 7.60. The van der Waals surface area contributed by atoms with Gasteiger partial charge < -0.3 is 5.73 Å². The Bertz CT molecular complexity index is 618. The van der Waals surface area contributed by atoms with Crippen LogP contribution >= 0.6 is 12.4 Å². The minimum Gasteiger partial charge on any atom is -0.329 e. The Morgan fingerprint density at radius 2 is 1.68 bits per heavy atom. The van der Waals surface area contributed by atoms with Crippen LogP contribution in [0, 0.1) is 27.7 Å². The van der Waals surface area contributed by atoms with E-state index in [1.54, 1.807) is 4.31 Å². The summed E-state index contributed by atoms with van der Waals surface area (Å²) in [6, 6.07) is 1.99. The average molecular weight is 347 g/mol. The molecule has 1 unspecified atom stereocenters. The van der Waals surface area contributed by atoms with Crippen LogP contribution in [-0.2, 0) is 10.0 Å². The van der Waals surface area contributed by atoms with Crippen LogP contribution in [0.3, 0.4) is 0 Å². The Labute approximate surface area is 140 Å². The predicted molar refractivity (Wildman–Crippen MR) is 93.2 cm³/mol. The van der Waals surface area contributed by atoms with E-state index in [1.807, 2.05) is 27.7 Å². The molecule has 0 bridgehead atoms. The first-order chi connectivity index (χ1) is 9.80. The molecule has 1 aliphatic heterocycles. The molecule has 6 heteroatoms. The molecule has 2 rings (SSSR count). The minimum atomic E-state index is -3.48. The van der Waals surface area contributed by atoms with Gasteiger partial charge in [0.1, 0.15) is 0 Å². The van der Waals surface area contributed by atoms with Crippen molar-refractivity contribution in [3.8, 4) is 0 Å². The molecule has 1 atom stereocenters. The summed E-state index contributed by atoms with van der Waals surface area (Å²) in [6.45, 7) is 8.71. The number of halogens is 1. The normalized spacial score (nSPS) is 19.8. The number of benzene rings is 1. The number of rotatable bonds is 3. The van der Waals surface area contributed by atoms with Gasteiger partial charge in [-0.2, -0.15) is 4.31 Å². The third-order valence-corrected chi connectivity index (χ3v) is 6.94. The van der Waals surface area contributed by atoms with E-state index >= 15 is 0 Å². The zero-order valence-electron chi connectivity index (χ0n) is 13.8. The van der Waals surface area contributed by atoms with E-state index in [-0.39, 0.29) is 18.4 Å². The van der Waals surface area contributed by atoms with Crippen LogP contribution in [0.4, 0.5) is 0 Å². The van der Waals surface area contributed by atoms with Crippen molar-refractivity contribution >= 4 is 22.4 Å². The van der Waals surface area contributed by atoms with E-state index in [0.717, 1.165) is 41.5 Å². The van der Waals surface area contributed by atoms with E-state index in [2.05, 4.69) is 6.07 Å². The minimum absolute atomic E-state index is 0. The average Bonchev–Trinajstić information content (AvgIpc) is 2.45. The molecule has 22 heavy (non-hydrogen) atoms. The second-order valence-electron chi connectivity index (χ2n) is 6.09. The second kappa shape index (κ2) is 7.30. The molecule has 1 aliphatic rings. The van der Waals surface area contributed by atoms with Crippen LogP contribution in [0.25, 0.3) is 0 Å². The van der Waals surface area contributed by atoms with Crippen LogP contribution in [0.15, 0.2) is 11.0 Å². The summed E-state index contributed by atoms with van der Waals surface area (Å²) in [6.07, 6.45) is 2.83. The smallest absolute Gasteiger partial charge is 0.243 e. The molecule has 0 amide bonds. The number of hydrogen-bond acceptors (Lipinski definition) is 3. The quantitative estimate of drug-likeness (QED) is 0.915. The monoisotopic (exact) mass is 346 g/mol. The van der Waals surface area contributed by atoms with Crippen LogP contribution in [0.2, 0.25) is 0 Å². The first kappa shape index (κ1) is 19.4. The van der Waals surface area contributed by atoms with Crippen molar-refractivity contribution in [1.29, 1.82) is 0 Å². The Morgan fingerprint density at radius 3 is 2.18 bits per heavy atom. The largest absolute Gasteiger partial charge is 0.329 e. The molecule has 1 fully saturated rings. The third-order valence-electron chi connectivity index (χ3n) is 4.71. The summed E-state index contributed by atoms with van der Waals surface area (Å²) in [5.74, 6) is 0. The van der Waals surface area contributed by atoms with Gasteiger partial charge >= 0.3 is 0 Å². The number of aryl methyl sites for hydroxylation is 2. The van der Waals surface area contributed by atoms with Crippen molar-refractivity contribution in [2.75, 3.05) is 13.1 Å². The van der Waals surface area contributed by atoms with Crippen LogP contribution in [-0.4, -0.2) is 31.9 Å². The highest BCUT2D eigenvalue weighted by Gasteiger charge is 2.35. The Hall–Kier alpha value is -0.620. The standard InChI is InChI=1S/C16H26N2O2S.ClH/c1-11-9-12(2)14(4)16(13(11)3)21(19,20)18-8-6-5-7-15(18)10-17;/h9,15H,5-8,10,17H2,1-4H3;1H. The molecule has 0 spiro atoms. The second-order valence-corrected chi connectivity index (χ2v) is 7.92. The molecule has 1 aromatic rings. The fourth-order valence-corrected chi connectivity index (χ4v) is 5.49. The highest BCUT2D eigenvalue weighted by molar-refractivity contribution is 7.89. The molecule has 0 radical (unpaired) electrons. The first-order valence-corrected chi connectivity index (χ1v) is 9.04. The third kappa shape index (κ3) is 3.32. The maximum atomic E-state index is 13.2. The van der Waals surface area contributed by atoms with Crippen molar-refractivity contribution in [2.24, 2.45) is 5.73 Å². The fourth-order valence-electron chi connectivity index (χ4n) is 3.21. The molecule has 1 aromatic carbocycles. The number of nitrogens with two attached hydrogens (primary N) is 1. The maximum Gasteiger partial charge on any atom is 0.243 e. The lowest BCUT2D eigenvalue weighted by Crippen LogP contribution is -2.47. The van der Waals surface area contributed by atoms with E-state index in [9.17, 15) is 8.42 Å². The fraction of sp³-hybridized carbons (Fsp3) is 0.625. The van der Waals surface area contributed by atoms with Gasteiger partial charge in [-0.25, -0.2) is 8.42 Å². The zero-order chi connectivity index (χ0) is 15.8. The summed E-state index contributed by atoms with van der Waals surface area (Å²) < 4.78 is 28.0. The van der Waals surface area contributed by atoms with Gasteiger partial charge in [-0.3, -0.25) is 0 Å². The number of sulfonamides is 1. The van der Waals surface area contributed by atoms with E-state index < -0.39 is 10.0 Å². The van der Waals surface area contributed by atoms with Gasteiger partial charge in [-0.15, -0.1) is 12.4 Å². The lowest BCUT2D eigenvalue weighted by molar-refractivity contribution is 0.257. The summed E-state index contributed by atoms with van der Waals surface area (Å²) in [4.78, 5) is 0.486. The van der Waals surface area contributed by atoms with Crippen LogP contribution < -0.4 is 5.73 Å². The number of piperidine rings is 1. The van der Waals surface area contributed by atoms with Crippen LogP contribution in [0.1, 0.15) is 41.5 Å². The molecule has 2 N–H and O–H groups in total. The van der Waals surface area contributed by atoms with Crippen molar-refractivity contribution in [1.82, 2.24) is 4.31 Å². The summed E-state index contributed by atoms with van der Waals surface area (Å²) in [5, 5.41) is 0. The van der Waals surface area contributed by atoms with Gasteiger partial charge in [0.05, 0.1) is 4.90 Å². The topological polar surface area (TPSA) is 63.4 Å². The predicted octanol–water partition coefficient (Wildman–Crippen LogP) is 2.84. The summed E-state index contributed by atoms with van der Waals surface area (Å²) in [7, 11) is -3.48. The molecular weight excluding hydrogens is 320 g/mol. The van der Waals surface area contributed by atoms with Crippen molar-refractivity contribution in [2.45, 2.75) is 57.9 Å². The SMILES string of the molecule is Cc1cc(C)c(C)c(S(=O)(=O)N2CCCCC2CN)c1C.Cl. The van der Waals surface area contributed by atoms with Crippen molar-refractivity contribution < 1.29 is 8.42 Å². The highest BCUT2D eigenvalue weighted by Crippen LogP contribution is 2.31. The van der Waals surface area contributed by atoms with Crippen LogP contribution in [0.5, 0.6) is 0 Å². The van der Waals surface area contributed by atoms with Gasteiger partial charge in [0, 0.05) is 19.1 Å². The number of nitrogens with zero attached hydrogens (tertiary/aromatic N) is 1. The van der Waals surface area contributed by atoms with E-state index in [0.29, 0.717) is 18.0 Å². The van der Waals surface area contributed by atoms with Gasteiger partial charge in [0.25, 0.3) is 0 Å². The van der Waals surface area contributed by atoms with Crippen molar-refractivity contribution in [3.63, 3.8) is 0 Å². The van der Waals surface area contributed by atoms with E-state index in [1.165, 1.54) is 0 Å². The molecule has 126 valence electrons. The Kier molecular flexibility index (Phi) is 6.45. The Balaban J connectivity index is 0.00000242. The van der Waals surface area contributed by atoms with Crippen molar-refractivity contribution in [3.05, 3.63) is 28.3 Å². The van der Waals surface area contributed by atoms with Gasteiger partial charge in [-0.05, 0) is 62.8 Å². The molecule has 0 aliphatic carbocycles. The molecule has 1 saturated heterocycles. The molecule has 1 heterocycles. The molecule has 4 nitrogen and oxygen atoms in total. The lowest BCUT2D eigenvalue weighted by Gasteiger charge is -2.35. The van der Waals surface area contributed by atoms with Gasteiger partial charge in [0.15, 0.2) is 0 Å². The van der Waals surface area contributed by atoms with Gasteiger partial charge in [-0.1, -0.05) is 12.5 Å². The summed E-state index contributed by atoms with van der Waals surface area (Å²) >= 11 is 0. The Morgan fingerprint density at radius 1 is 1.14 bits per heavy atom. The van der Waals surface area contributed by atoms with Gasteiger partial charge in [0.2, 0.25) is 10.0 Å². The number of hydrogen-bond donors (Lipinski definition) is 1. The molecule has 0 saturated carbocycles. The maximum absolute atomic E-state index is 13.2. The van der Waals surface area contributed by atoms with E-state index in [4.69, 9.17) is 5.73 Å². The molecule has 0 aromatic heterocycles. The highest BCUT2D eigenvalue weighted by atomic mass is 35.5. The molecular formula is C16H27ClN2O2S. The summed E-state index contributed by atoms with van der Waals surface area (Å²) in [5.41, 5.74) is 9.57. The zero-order valence-corrected chi connectivity index (χ0v) is 15.5.